The molecule has 0 bridgehead atoms. The van der Waals surface area contributed by atoms with E-state index in [1.54, 1.807) is 13.0 Å². The first-order chi connectivity index (χ1) is 6.72. The zero-order valence-corrected chi connectivity index (χ0v) is 7.54. The van der Waals surface area contributed by atoms with Crippen LogP contribution in [0.25, 0.3) is 4.98 Å². The largest absolute Gasteiger partial charge is 0.388 e. The van der Waals surface area contributed by atoms with Gasteiger partial charge >= 0.3 is 5.69 Å². The average Bonchev–Trinajstić information content (AvgIpc) is 2.20. The molecule has 0 atom stereocenters. The van der Waals surface area contributed by atoms with Gasteiger partial charge < -0.3 is 0 Å². The number of nitrogens with zero attached hydrogens (tertiary/aromatic N) is 3. The molecule has 0 N–H and O–H groups in total. The SMILES string of the molecule is Cc1cc(N(C=O)C=O)ccc1[N+]#N. The monoisotopic (exact) mass is 190 g/mol. The van der Waals surface area contributed by atoms with Gasteiger partial charge in [0.1, 0.15) is 0 Å². The van der Waals surface area contributed by atoms with Crippen molar-refractivity contribution in [2.75, 3.05) is 4.90 Å². The van der Waals surface area contributed by atoms with E-state index in [1.165, 1.54) is 12.1 Å². The van der Waals surface area contributed by atoms with Crippen LogP contribution in [0.4, 0.5) is 11.4 Å². The third kappa shape index (κ3) is 1.75. The van der Waals surface area contributed by atoms with Gasteiger partial charge in [0.2, 0.25) is 18.2 Å². The number of benzene rings is 1. The van der Waals surface area contributed by atoms with Crippen molar-refractivity contribution < 1.29 is 9.59 Å². The lowest BCUT2D eigenvalue weighted by Gasteiger charge is -2.07. The summed E-state index contributed by atoms with van der Waals surface area (Å²) in [6.07, 6.45) is 0.828. The van der Waals surface area contributed by atoms with Gasteiger partial charge in [-0.15, -0.1) is 0 Å². The van der Waals surface area contributed by atoms with Crippen LogP contribution in [0, 0.1) is 12.3 Å². The molecule has 1 aromatic carbocycles. The normalized spacial score (nSPS) is 8.86. The molecule has 0 aliphatic carbocycles. The lowest BCUT2D eigenvalue weighted by atomic mass is 10.2. The van der Waals surface area contributed by atoms with E-state index in [0.29, 0.717) is 29.8 Å². The molecule has 1 rings (SSSR count). The molecule has 0 spiro atoms. The summed E-state index contributed by atoms with van der Waals surface area (Å²) in [7, 11) is 0. The van der Waals surface area contributed by atoms with E-state index in [9.17, 15) is 9.59 Å². The van der Waals surface area contributed by atoms with Crippen LogP contribution in [0.1, 0.15) is 5.56 Å². The Balaban J connectivity index is 3.14. The molecule has 2 amide bonds. The number of rotatable bonds is 3. The van der Waals surface area contributed by atoms with Crippen LogP contribution in [-0.4, -0.2) is 12.8 Å². The molecule has 0 unspecified atom stereocenters. The molecule has 14 heavy (non-hydrogen) atoms. The minimum Gasteiger partial charge on any atom is -0.278 e. The predicted molar refractivity (Wildman–Crippen MR) is 50.5 cm³/mol. The maximum absolute atomic E-state index is 10.4. The number of carbonyl (C=O) groups is 2. The molecule has 5 nitrogen and oxygen atoms in total. The van der Waals surface area contributed by atoms with Crippen molar-refractivity contribution in [2.24, 2.45) is 0 Å². The topological polar surface area (TPSA) is 65.5 Å². The van der Waals surface area contributed by atoms with Crippen molar-refractivity contribution in [3.8, 4) is 0 Å². The molecule has 5 heteroatoms. The standard InChI is InChI=1S/C9H8N3O2/c1-7-4-8(12(5-13)6-14)2-3-9(7)11-10/h2-6H,1H3/q+1. The smallest absolute Gasteiger partial charge is 0.278 e. The number of amides is 2. The van der Waals surface area contributed by atoms with Gasteiger partial charge in [-0.1, -0.05) is 0 Å². The highest BCUT2D eigenvalue weighted by Crippen LogP contribution is 2.23. The van der Waals surface area contributed by atoms with Gasteiger partial charge in [0.15, 0.2) is 4.98 Å². The van der Waals surface area contributed by atoms with Gasteiger partial charge in [-0.05, 0) is 19.1 Å². The predicted octanol–water partition coefficient (Wildman–Crippen LogP) is 1.60. The molecule has 0 radical (unpaired) electrons. The molecule has 0 aliphatic heterocycles. The number of aryl methyl sites for hydroxylation is 1. The van der Waals surface area contributed by atoms with Crippen molar-refractivity contribution in [3.63, 3.8) is 0 Å². The molecule has 70 valence electrons. The lowest BCUT2D eigenvalue weighted by molar-refractivity contribution is -0.113. The maximum atomic E-state index is 10.4. The summed E-state index contributed by atoms with van der Waals surface area (Å²) in [5, 5.41) is 8.53. The van der Waals surface area contributed by atoms with Crippen molar-refractivity contribution >= 4 is 24.2 Å². The van der Waals surface area contributed by atoms with Crippen LogP contribution < -0.4 is 4.90 Å². The summed E-state index contributed by atoms with van der Waals surface area (Å²) >= 11 is 0. The number of anilines is 1. The Bertz CT molecular complexity index is 401. The first-order valence-electron chi connectivity index (χ1n) is 3.87. The Hall–Kier alpha value is -2.22. The van der Waals surface area contributed by atoms with Gasteiger partial charge in [-0.2, -0.15) is 0 Å². The molecule has 0 heterocycles. The molecular formula is C9H8N3O2+. The van der Waals surface area contributed by atoms with Crippen LogP contribution >= 0.6 is 0 Å². The summed E-state index contributed by atoms with van der Waals surface area (Å²) in [4.78, 5) is 24.8. The molecule has 1 aromatic rings. The first-order valence-corrected chi connectivity index (χ1v) is 3.87. The number of diazo groups is 1. The van der Waals surface area contributed by atoms with Gasteiger partial charge in [0, 0.05) is 11.6 Å². The molecule has 0 aromatic heterocycles. The Morgan fingerprint density at radius 3 is 2.43 bits per heavy atom. The van der Waals surface area contributed by atoms with E-state index >= 15 is 0 Å². The third-order valence-corrected chi connectivity index (χ3v) is 1.81. The summed E-state index contributed by atoms with van der Waals surface area (Å²) in [6.45, 7) is 1.71. The Morgan fingerprint density at radius 1 is 1.36 bits per heavy atom. The molecule has 0 saturated carbocycles. The fourth-order valence-corrected chi connectivity index (χ4v) is 1.06. The summed E-state index contributed by atoms with van der Waals surface area (Å²) < 4.78 is 0. The summed E-state index contributed by atoms with van der Waals surface area (Å²) in [6, 6.07) is 4.62. The van der Waals surface area contributed by atoms with Crippen molar-refractivity contribution in [1.82, 2.24) is 0 Å². The molecule has 0 fully saturated rings. The minimum absolute atomic E-state index is 0.408. The second kappa shape index (κ2) is 4.14. The fourth-order valence-electron chi connectivity index (χ4n) is 1.06. The Kier molecular flexibility index (Phi) is 2.92. The minimum atomic E-state index is 0.408. The maximum Gasteiger partial charge on any atom is 0.388 e. The number of carbonyl (C=O) groups excluding carboxylic acids is 2. The van der Waals surface area contributed by atoms with Crippen LogP contribution in [-0.2, 0) is 9.59 Å². The van der Waals surface area contributed by atoms with E-state index < -0.39 is 0 Å². The van der Waals surface area contributed by atoms with E-state index in [0.717, 1.165) is 4.90 Å². The van der Waals surface area contributed by atoms with Gasteiger partial charge in [0.25, 0.3) is 0 Å². The third-order valence-electron chi connectivity index (χ3n) is 1.81. The van der Waals surface area contributed by atoms with Crippen molar-refractivity contribution in [3.05, 3.63) is 28.7 Å². The van der Waals surface area contributed by atoms with Crippen molar-refractivity contribution in [1.29, 1.82) is 5.39 Å². The van der Waals surface area contributed by atoms with Crippen LogP contribution in [0.3, 0.4) is 0 Å². The molecular weight excluding hydrogens is 182 g/mol. The Morgan fingerprint density at radius 2 is 2.00 bits per heavy atom. The second-order valence-corrected chi connectivity index (χ2v) is 2.69. The highest BCUT2D eigenvalue weighted by atomic mass is 16.2. The second-order valence-electron chi connectivity index (χ2n) is 2.69. The van der Waals surface area contributed by atoms with E-state index in [-0.39, 0.29) is 0 Å². The highest BCUT2D eigenvalue weighted by Gasteiger charge is 2.12. The number of hydrogen-bond donors (Lipinski definition) is 0. The zero-order valence-electron chi connectivity index (χ0n) is 7.54. The molecule has 0 aliphatic rings. The lowest BCUT2D eigenvalue weighted by Crippen LogP contribution is -2.17. The number of hydrogen-bond acceptors (Lipinski definition) is 3. The van der Waals surface area contributed by atoms with Crippen LogP contribution in [0.5, 0.6) is 0 Å². The first kappa shape index (κ1) is 9.86. The quantitative estimate of drug-likeness (QED) is 0.537. The number of imide groups is 1. The molecule has 0 saturated heterocycles. The summed E-state index contributed by atoms with van der Waals surface area (Å²) in [5.41, 5.74) is 1.53. The van der Waals surface area contributed by atoms with Gasteiger partial charge in [-0.25, -0.2) is 0 Å². The van der Waals surface area contributed by atoms with Crippen LogP contribution in [0.15, 0.2) is 18.2 Å². The average molecular weight is 190 g/mol. The van der Waals surface area contributed by atoms with Crippen LogP contribution in [0.2, 0.25) is 0 Å². The van der Waals surface area contributed by atoms with Gasteiger partial charge in [-0.3, -0.25) is 14.5 Å². The highest BCUT2D eigenvalue weighted by molar-refractivity contribution is 5.95. The van der Waals surface area contributed by atoms with Gasteiger partial charge in [0.05, 0.1) is 5.69 Å². The Labute approximate surface area is 80.6 Å². The van der Waals surface area contributed by atoms with E-state index in [4.69, 9.17) is 5.39 Å². The van der Waals surface area contributed by atoms with E-state index in [2.05, 4.69) is 4.98 Å². The van der Waals surface area contributed by atoms with Crippen molar-refractivity contribution in [2.45, 2.75) is 6.92 Å². The zero-order chi connectivity index (χ0) is 10.6. The summed E-state index contributed by atoms with van der Waals surface area (Å²) in [5.74, 6) is 0. The van der Waals surface area contributed by atoms with E-state index in [1.807, 2.05) is 0 Å². The fraction of sp³-hybridized carbons (Fsp3) is 0.111.